The molecule has 0 aliphatic carbocycles. The highest BCUT2D eigenvalue weighted by Gasteiger charge is 2.35. The second-order valence-corrected chi connectivity index (χ2v) is 9.89. The molecule has 2 saturated heterocycles. The van der Waals surface area contributed by atoms with Gasteiger partial charge in [-0.2, -0.15) is 0 Å². The molecule has 0 spiro atoms. The molecule has 3 nitrogen and oxygen atoms in total. The van der Waals surface area contributed by atoms with Crippen LogP contribution in [0.25, 0.3) is 0 Å². The van der Waals surface area contributed by atoms with E-state index in [0.29, 0.717) is 37.7 Å². The van der Waals surface area contributed by atoms with Crippen LogP contribution in [0.3, 0.4) is 0 Å². The first-order chi connectivity index (χ1) is 14.6. The van der Waals surface area contributed by atoms with Crippen LogP contribution in [-0.2, 0) is 21.4 Å². The predicted molar refractivity (Wildman–Crippen MR) is 121 cm³/mol. The van der Waals surface area contributed by atoms with Crippen LogP contribution >= 0.6 is 11.9 Å². The van der Waals surface area contributed by atoms with Crippen LogP contribution in [0.2, 0.25) is 0 Å². The molecule has 0 bridgehead atoms. The maximum absolute atomic E-state index is 15.2. The summed E-state index contributed by atoms with van der Waals surface area (Å²) in [7, 11) is 1.72. The number of hydrogen-bond acceptors (Lipinski definition) is 4. The van der Waals surface area contributed by atoms with Crippen molar-refractivity contribution >= 4 is 11.9 Å². The fourth-order valence-electron chi connectivity index (χ4n) is 4.67. The van der Waals surface area contributed by atoms with Crippen molar-refractivity contribution in [2.75, 3.05) is 26.9 Å². The molecule has 0 N–H and O–H groups in total. The van der Waals surface area contributed by atoms with E-state index in [4.69, 9.17) is 9.47 Å². The lowest BCUT2D eigenvalue weighted by molar-refractivity contribution is 0.0135. The minimum atomic E-state index is -0.141. The summed E-state index contributed by atoms with van der Waals surface area (Å²) < 4.78 is 28.6. The van der Waals surface area contributed by atoms with Gasteiger partial charge >= 0.3 is 0 Å². The minimum Gasteiger partial charge on any atom is -0.384 e. The number of ether oxygens (including phenoxy) is 2. The topological polar surface area (TPSA) is 21.7 Å². The number of nitrogens with zero attached hydrogens (tertiary/aromatic N) is 1. The zero-order chi connectivity index (χ0) is 21.0. The lowest BCUT2D eigenvalue weighted by Crippen LogP contribution is -2.38. The second-order valence-electron chi connectivity index (χ2n) is 8.64. The van der Waals surface area contributed by atoms with Crippen LogP contribution in [0.1, 0.15) is 54.5 Å². The lowest BCUT2D eigenvalue weighted by atomic mass is 9.74. The van der Waals surface area contributed by atoms with E-state index < -0.39 is 0 Å². The van der Waals surface area contributed by atoms with Gasteiger partial charge in [-0.3, -0.25) is 0 Å². The number of methoxy groups -OCH3 is 1. The molecular formula is C25H32FNO2S. The highest BCUT2D eigenvalue weighted by Crippen LogP contribution is 2.43. The van der Waals surface area contributed by atoms with Crippen molar-refractivity contribution in [3.8, 4) is 0 Å². The van der Waals surface area contributed by atoms with Crippen molar-refractivity contribution in [2.45, 2.75) is 55.9 Å². The van der Waals surface area contributed by atoms with Crippen molar-refractivity contribution < 1.29 is 13.9 Å². The molecule has 2 aliphatic heterocycles. The fraction of sp³-hybridized carbons (Fsp3) is 0.520. The third kappa shape index (κ3) is 4.75. The predicted octanol–water partition coefficient (Wildman–Crippen LogP) is 5.89. The molecule has 0 radical (unpaired) electrons. The Bertz CT molecular complexity index is 820. The average molecular weight is 430 g/mol. The molecule has 2 atom stereocenters. The quantitative estimate of drug-likeness (QED) is 0.534. The van der Waals surface area contributed by atoms with Crippen molar-refractivity contribution in [1.82, 2.24) is 4.31 Å². The summed E-state index contributed by atoms with van der Waals surface area (Å²) >= 11 is 1.87. The Morgan fingerprint density at radius 3 is 2.60 bits per heavy atom. The smallest absolute Gasteiger partial charge is 0.128 e. The molecule has 0 aromatic heterocycles. The molecule has 2 aromatic rings. The summed E-state index contributed by atoms with van der Waals surface area (Å²) in [5, 5.41) is 0.442. The summed E-state index contributed by atoms with van der Waals surface area (Å²) in [5.74, 6) is -0.107. The van der Waals surface area contributed by atoms with Gasteiger partial charge in [-0.25, -0.2) is 8.70 Å². The summed E-state index contributed by atoms with van der Waals surface area (Å²) in [6.45, 7) is 4.88. The molecule has 2 fully saturated rings. The van der Waals surface area contributed by atoms with Gasteiger partial charge in [0.2, 0.25) is 0 Å². The summed E-state index contributed by atoms with van der Waals surface area (Å²) in [6, 6.07) is 16.9. The Morgan fingerprint density at radius 1 is 1.13 bits per heavy atom. The van der Waals surface area contributed by atoms with E-state index >= 15 is 4.39 Å². The number of rotatable bonds is 6. The van der Waals surface area contributed by atoms with Crippen LogP contribution in [0.15, 0.2) is 48.5 Å². The van der Waals surface area contributed by atoms with E-state index in [1.807, 2.05) is 18.0 Å². The maximum atomic E-state index is 15.2. The Balaban J connectivity index is 1.50. The Hall–Kier alpha value is -1.40. The van der Waals surface area contributed by atoms with Crippen LogP contribution in [0.4, 0.5) is 4.39 Å². The van der Waals surface area contributed by atoms with Crippen molar-refractivity contribution in [2.24, 2.45) is 0 Å². The highest BCUT2D eigenvalue weighted by atomic mass is 32.2. The normalized spacial score (nSPS) is 24.6. The SMILES string of the molecule is COCC1(c2ccc(CN3S[C@@H](c4ccccc4)CC[C@@H]3C)c(F)c2)CCOCC1. The molecule has 162 valence electrons. The van der Waals surface area contributed by atoms with Gasteiger partial charge in [-0.15, -0.1) is 0 Å². The van der Waals surface area contributed by atoms with Gasteiger partial charge in [-0.05, 0) is 49.8 Å². The maximum Gasteiger partial charge on any atom is 0.128 e. The van der Waals surface area contributed by atoms with Crippen molar-refractivity contribution in [1.29, 1.82) is 0 Å². The first-order valence-electron chi connectivity index (χ1n) is 11.0. The Kier molecular flexibility index (Phi) is 7.14. The second kappa shape index (κ2) is 9.82. The van der Waals surface area contributed by atoms with Crippen LogP contribution < -0.4 is 0 Å². The highest BCUT2D eigenvalue weighted by molar-refractivity contribution is 7.97. The summed E-state index contributed by atoms with van der Waals surface area (Å²) in [4.78, 5) is 0. The molecule has 5 heteroatoms. The van der Waals surface area contributed by atoms with Gasteiger partial charge in [-0.1, -0.05) is 54.4 Å². The van der Waals surface area contributed by atoms with Crippen molar-refractivity contribution in [3.63, 3.8) is 0 Å². The van der Waals surface area contributed by atoms with Crippen LogP contribution in [-0.4, -0.2) is 37.3 Å². The van der Waals surface area contributed by atoms with Gasteiger partial charge in [0, 0.05) is 49.1 Å². The van der Waals surface area contributed by atoms with E-state index in [-0.39, 0.29) is 11.2 Å². The first kappa shape index (κ1) is 21.8. The standard InChI is InChI=1S/C25H32FNO2S/c1-19-8-11-24(20-6-4-3-5-7-20)30-27(19)17-21-9-10-22(16-23(21)26)25(18-28-2)12-14-29-15-13-25/h3-7,9-10,16,19,24H,8,11-15,17-18H2,1-2H3/t19-,24+/m0/s1. The fourth-order valence-corrected chi connectivity index (χ4v) is 6.05. The van der Waals surface area contributed by atoms with Crippen LogP contribution in [0.5, 0.6) is 0 Å². The van der Waals surface area contributed by atoms with Gasteiger partial charge in [0.25, 0.3) is 0 Å². The summed E-state index contributed by atoms with van der Waals surface area (Å²) in [6.07, 6.45) is 4.04. The van der Waals surface area contributed by atoms with Gasteiger partial charge in [0.05, 0.1) is 6.61 Å². The zero-order valence-corrected chi connectivity index (χ0v) is 18.8. The molecule has 2 aromatic carbocycles. The molecule has 2 aliphatic rings. The third-order valence-corrected chi connectivity index (χ3v) is 8.16. The molecule has 2 heterocycles. The van der Waals surface area contributed by atoms with E-state index in [9.17, 15) is 0 Å². The molecular weight excluding hydrogens is 397 g/mol. The third-order valence-electron chi connectivity index (χ3n) is 6.63. The molecule has 0 unspecified atom stereocenters. The molecule has 4 rings (SSSR count). The zero-order valence-electron chi connectivity index (χ0n) is 18.0. The Labute approximate surface area is 184 Å². The first-order valence-corrected chi connectivity index (χ1v) is 11.8. The van der Waals surface area contributed by atoms with E-state index in [1.165, 1.54) is 5.56 Å². The largest absolute Gasteiger partial charge is 0.384 e. The van der Waals surface area contributed by atoms with E-state index in [2.05, 4.69) is 47.6 Å². The minimum absolute atomic E-state index is 0.107. The number of hydrogen-bond donors (Lipinski definition) is 0. The lowest BCUT2D eigenvalue weighted by Gasteiger charge is -2.38. The van der Waals surface area contributed by atoms with Crippen LogP contribution in [0, 0.1) is 5.82 Å². The Morgan fingerprint density at radius 2 is 1.90 bits per heavy atom. The van der Waals surface area contributed by atoms with E-state index in [1.54, 1.807) is 13.2 Å². The summed E-state index contributed by atoms with van der Waals surface area (Å²) in [5.41, 5.74) is 3.02. The molecule has 0 saturated carbocycles. The van der Waals surface area contributed by atoms with Gasteiger partial charge in [0.1, 0.15) is 5.82 Å². The number of benzene rings is 2. The van der Waals surface area contributed by atoms with Crippen molar-refractivity contribution in [3.05, 3.63) is 71.0 Å². The van der Waals surface area contributed by atoms with E-state index in [0.717, 1.165) is 36.8 Å². The van der Waals surface area contributed by atoms with Gasteiger partial charge < -0.3 is 9.47 Å². The number of halogens is 1. The molecule has 30 heavy (non-hydrogen) atoms. The molecule has 0 amide bonds. The average Bonchev–Trinajstić information content (AvgIpc) is 2.78. The monoisotopic (exact) mass is 429 g/mol. The van der Waals surface area contributed by atoms with Gasteiger partial charge in [0.15, 0.2) is 0 Å².